The third kappa shape index (κ3) is 4.13. The number of hydrogen-bond donors (Lipinski definition) is 1. The molecule has 1 atom stereocenters. The number of nitro groups is 1. The highest BCUT2D eigenvalue weighted by Crippen LogP contribution is 2.15. The zero-order valence-electron chi connectivity index (χ0n) is 10.0. The van der Waals surface area contributed by atoms with Gasteiger partial charge in [0.1, 0.15) is 0 Å². The molecule has 0 N–H and O–H groups in total. The van der Waals surface area contributed by atoms with Crippen LogP contribution in [0.2, 0.25) is 0 Å². The molecule has 1 unspecified atom stereocenters. The van der Waals surface area contributed by atoms with Crippen LogP contribution in [0, 0.1) is 16.0 Å². The number of halogens is 1. The van der Waals surface area contributed by atoms with E-state index in [-0.39, 0.29) is 15.7 Å². The van der Waals surface area contributed by atoms with Crippen molar-refractivity contribution in [1.82, 2.24) is 4.57 Å². The first-order valence-electron chi connectivity index (χ1n) is 5.61. The lowest BCUT2D eigenvalue weighted by molar-refractivity contribution is -0.385. The van der Waals surface area contributed by atoms with Gasteiger partial charge in [0, 0.05) is 12.6 Å². The average Bonchev–Trinajstić information content (AvgIpc) is 2.31. The molecular formula is C11H15BrN2O3S. The van der Waals surface area contributed by atoms with Gasteiger partial charge in [-0.25, -0.2) is 0 Å². The van der Waals surface area contributed by atoms with Crippen molar-refractivity contribution < 1.29 is 4.92 Å². The lowest BCUT2D eigenvalue weighted by Gasteiger charge is -2.11. The molecule has 0 spiro atoms. The highest BCUT2D eigenvalue weighted by Gasteiger charge is 2.12. The Balaban J connectivity index is 2.88. The summed E-state index contributed by atoms with van der Waals surface area (Å²) in [5, 5.41) is 10.7. The number of aromatic nitrogens is 1. The zero-order valence-corrected chi connectivity index (χ0v) is 12.5. The first kappa shape index (κ1) is 15.2. The van der Waals surface area contributed by atoms with Crippen molar-refractivity contribution in [3.05, 3.63) is 37.2 Å². The molecule has 0 saturated carbocycles. The summed E-state index contributed by atoms with van der Waals surface area (Å²) < 4.78 is 1.61. The predicted octanol–water partition coefficient (Wildman–Crippen LogP) is 2.87. The van der Waals surface area contributed by atoms with Gasteiger partial charge < -0.3 is 4.57 Å². The predicted molar refractivity (Wildman–Crippen MR) is 77.3 cm³/mol. The average molecular weight is 335 g/mol. The van der Waals surface area contributed by atoms with E-state index in [2.05, 4.69) is 35.5 Å². The summed E-state index contributed by atoms with van der Waals surface area (Å²) in [6.45, 7) is 2.56. The molecule has 1 heterocycles. The standard InChI is InChI=1S/C11H15BrN2O3S/c1-8(3-5-18)2-4-13-7-9(14(16)17)6-10(12)11(13)15/h6-8,18H,2-5H2,1H3. The number of thiol groups is 1. The van der Waals surface area contributed by atoms with Crippen LogP contribution in [0.4, 0.5) is 5.69 Å². The molecule has 100 valence electrons. The molecule has 0 aromatic carbocycles. The second-order valence-electron chi connectivity index (χ2n) is 4.21. The SMILES string of the molecule is CC(CCS)CCn1cc([N+](=O)[O-])cc(Br)c1=O. The topological polar surface area (TPSA) is 65.1 Å². The van der Waals surface area contributed by atoms with Gasteiger partial charge in [-0.1, -0.05) is 6.92 Å². The Kier molecular flexibility index (Phi) is 5.87. The normalized spacial score (nSPS) is 12.4. The minimum absolute atomic E-state index is 0.0803. The highest BCUT2D eigenvalue weighted by molar-refractivity contribution is 9.10. The Hall–Kier alpha value is -0.820. The van der Waals surface area contributed by atoms with E-state index >= 15 is 0 Å². The fraction of sp³-hybridized carbons (Fsp3) is 0.545. The van der Waals surface area contributed by atoms with Crippen LogP contribution in [-0.4, -0.2) is 15.2 Å². The summed E-state index contributed by atoms with van der Waals surface area (Å²) in [6, 6.07) is 1.23. The molecule has 5 nitrogen and oxygen atoms in total. The van der Waals surface area contributed by atoms with Crippen molar-refractivity contribution in [1.29, 1.82) is 0 Å². The molecule has 7 heteroatoms. The van der Waals surface area contributed by atoms with Gasteiger partial charge in [0.2, 0.25) is 0 Å². The Morgan fingerprint density at radius 2 is 2.22 bits per heavy atom. The maximum absolute atomic E-state index is 11.8. The third-order valence-corrected chi connectivity index (χ3v) is 3.55. The van der Waals surface area contributed by atoms with Crippen LogP contribution >= 0.6 is 28.6 Å². The fourth-order valence-electron chi connectivity index (χ4n) is 1.57. The molecule has 1 aromatic heterocycles. The number of hydrogen-bond acceptors (Lipinski definition) is 4. The number of aryl methyl sites for hydroxylation is 1. The second kappa shape index (κ2) is 6.94. The van der Waals surface area contributed by atoms with Crippen molar-refractivity contribution in [2.45, 2.75) is 26.3 Å². The van der Waals surface area contributed by atoms with Gasteiger partial charge in [-0.2, -0.15) is 12.6 Å². The monoisotopic (exact) mass is 334 g/mol. The van der Waals surface area contributed by atoms with E-state index in [0.717, 1.165) is 18.6 Å². The summed E-state index contributed by atoms with van der Waals surface area (Å²) >= 11 is 7.21. The van der Waals surface area contributed by atoms with Crippen molar-refractivity contribution in [3.8, 4) is 0 Å². The van der Waals surface area contributed by atoms with E-state index in [1.165, 1.54) is 16.8 Å². The molecule has 18 heavy (non-hydrogen) atoms. The molecule has 0 amide bonds. The summed E-state index contributed by atoms with van der Waals surface area (Å²) in [4.78, 5) is 22.0. The van der Waals surface area contributed by atoms with Gasteiger partial charge in [-0.3, -0.25) is 14.9 Å². The molecule has 0 aliphatic carbocycles. The molecule has 0 saturated heterocycles. The molecule has 0 aliphatic heterocycles. The maximum Gasteiger partial charge on any atom is 0.286 e. The van der Waals surface area contributed by atoms with E-state index in [1.54, 1.807) is 0 Å². The van der Waals surface area contributed by atoms with Gasteiger partial charge in [0.25, 0.3) is 11.2 Å². The highest BCUT2D eigenvalue weighted by atomic mass is 79.9. The minimum atomic E-state index is -0.502. The van der Waals surface area contributed by atoms with Crippen LogP contribution in [0.1, 0.15) is 19.8 Å². The summed E-state index contributed by atoms with van der Waals surface area (Å²) in [7, 11) is 0. The molecule has 0 radical (unpaired) electrons. The Labute approximate surface area is 119 Å². The molecule has 1 rings (SSSR count). The molecule has 0 aliphatic rings. The van der Waals surface area contributed by atoms with Crippen LogP contribution in [0.25, 0.3) is 0 Å². The zero-order chi connectivity index (χ0) is 13.7. The number of pyridine rings is 1. The Morgan fingerprint density at radius 3 is 2.78 bits per heavy atom. The van der Waals surface area contributed by atoms with E-state index in [4.69, 9.17) is 0 Å². The van der Waals surface area contributed by atoms with Gasteiger partial charge in [0.15, 0.2) is 0 Å². The smallest absolute Gasteiger partial charge is 0.286 e. The van der Waals surface area contributed by atoms with Gasteiger partial charge in [-0.05, 0) is 40.4 Å². The summed E-state index contributed by atoms with van der Waals surface area (Å²) in [5.74, 6) is 1.24. The van der Waals surface area contributed by atoms with Crippen molar-refractivity contribution in [2.24, 2.45) is 5.92 Å². The summed E-state index contributed by atoms with van der Waals surface area (Å²) in [6.07, 6.45) is 3.06. The third-order valence-electron chi connectivity index (χ3n) is 2.72. The number of rotatable bonds is 6. The van der Waals surface area contributed by atoms with E-state index < -0.39 is 4.92 Å². The van der Waals surface area contributed by atoms with Gasteiger partial charge >= 0.3 is 0 Å². The van der Waals surface area contributed by atoms with Crippen LogP contribution in [0.5, 0.6) is 0 Å². The quantitative estimate of drug-likeness (QED) is 0.494. The first-order valence-corrected chi connectivity index (χ1v) is 7.03. The lowest BCUT2D eigenvalue weighted by atomic mass is 10.1. The molecular weight excluding hydrogens is 320 g/mol. The van der Waals surface area contributed by atoms with Crippen molar-refractivity contribution in [3.63, 3.8) is 0 Å². The summed E-state index contributed by atoms with van der Waals surface area (Å²) in [5.41, 5.74) is -0.318. The van der Waals surface area contributed by atoms with Crippen molar-refractivity contribution >= 4 is 34.2 Å². The first-order chi connectivity index (χ1) is 8.45. The molecule has 0 bridgehead atoms. The van der Waals surface area contributed by atoms with Gasteiger partial charge in [0.05, 0.1) is 15.6 Å². The van der Waals surface area contributed by atoms with Gasteiger partial charge in [-0.15, -0.1) is 0 Å². The minimum Gasteiger partial charge on any atom is -0.308 e. The second-order valence-corrected chi connectivity index (χ2v) is 5.51. The lowest BCUT2D eigenvalue weighted by Crippen LogP contribution is -2.21. The molecule has 0 fully saturated rings. The Morgan fingerprint density at radius 1 is 1.56 bits per heavy atom. The molecule has 1 aromatic rings. The Bertz CT molecular complexity index is 490. The van der Waals surface area contributed by atoms with Crippen LogP contribution in [0.15, 0.2) is 21.5 Å². The van der Waals surface area contributed by atoms with Crippen LogP contribution < -0.4 is 5.56 Å². The van der Waals surface area contributed by atoms with E-state index in [0.29, 0.717) is 12.5 Å². The van der Waals surface area contributed by atoms with Crippen molar-refractivity contribution in [2.75, 3.05) is 5.75 Å². The number of nitrogens with zero attached hydrogens (tertiary/aromatic N) is 2. The van der Waals surface area contributed by atoms with E-state index in [9.17, 15) is 14.9 Å². The largest absolute Gasteiger partial charge is 0.308 e. The maximum atomic E-state index is 11.8. The van der Waals surface area contributed by atoms with E-state index in [1.807, 2.05) is 0 Å². The van der Waals surface area contributed by atoms with Crippen LogP contribution in [-0.2, 0) is 6.54 Å². The fourth-order valence-corrected chi connectivity index (χ4v) is 2.48. The van der Waals surface area contributed by atoms with Crippen LogP contribution in [0.3, 0.4) is 0 Å².